The zero-order valence-corrected chi connectivity index (χ0v) is 14.3. The third-order valence-electron chi connectivity index (χ3n) is 3.13. The van der Waals surface area contributed by atoms with Crippen molar-refractivity contribution < 1.29 is 9.53 Å². The molecule has 0 aromatic heterocycles. The van der Waals surface area contributed by atoms with Gasteiger partial charge < -0.3 is 10.1 Å². The van der Waals surface area contributed by atoms with Gasteiger partial charge in [-0.15, -0.1) is 0 Å². The minimum Gasteiger partial charge on any atom is -0.496 e. The molecule has 0 heterocycles. The number of nitrogens with zero attached hydrogens (tertiary/aromatic N) is 1. The van der Waals surface area contributed by atoms with Crippen molar-refractivity contribution in [3.05, 3.63) is 63.6 Å². The minimum atomic E-state index is -0.458. The average Bonchev–Trinajstić information content (AvgIpc) is 2.52. The molecule has 2 aromatic rings. The first-order valence-corrected chi connectivity index (χ1v) is 7.66. The summed E-state index contributed by atoms with van der Waals surface area (Å²) in [6.07, 6.45) is 1.51. The molecule has 2 aromatic carbocycles. The molecule has 0 saturated heterocycles. The van der Waals surface area contributed by atoms with Crippen LogP contribution in [0.5, 0.6) is 5.75 Å². The molecule has 116 valence electrons. The number of nitriles is 1. The molecular formula is C18H15BrN2O2. The Balaban J connectivity index is 2.30. The molecule has 0 aliphatic carbocycles. The highest BCUT2D eigenvalue weighted by Gasteiger charge is 2.11. The predicted molar refractivity (Wildman–Crippen MR) is 94.1 cm³/mol. The molecule has 0 spiro atoms. The fraction of sp³-hybridized carbons (Fsp3) is 0.111. The first-order chi connectivity index (χ1) is 11.0. The maximum atomic E-state index is 12.3. The van der Waals surface area contributed by atoms with E-state index in [0.717, 1.165) is 10.0 Å². The molecule has 2 rings (SSSR count). The number of methoxy groups -OCH3 is 1. The minimum absolute atomic E-state index is 0.00269. The quantitative estimate of drug-likeness (QED) is 0.644. The Morgan fingerprint density at radius 2 is 2.09 bits per heavy atom. The summed E-state index contributed by atoms with van der Waals surface area (Å²) < 4.78 is 6.09. The number of aryl methyl sites for hydroxylation is 1. The summed E-state index contributed by atoms with van der Waals surface area (Å²) >= 11 is 3.37. The molecular weight excluding hydrogens is 356 g/mol. The normalized spacial score (nSPS) is 10.8. The number of anilines is 1. The number of carbonyl (C=O) groups excluding carboxylic acids is 1. The number of hydrogen-bond donors (Lipinski definition) is 1. The van der Waals surface area contributed by atoms with Crippen molar-refractivity contribution in [2.24, 2.45) is 0 Å². The van der Waals surface area contributed by atoms with Crippen molar-refractivity contribution in [3.63, 3.8) is 0 Å². The highest BCUT2D eigenvalue weighted by Crippen LogP contribution is 2.25. The van der Waals surface area contributed by atoms with E-state index in [-0.39, 0.29) is 5.57 Å². The molecule has 0 aliphatic heterocycles. The second kappa shape index (κ2) is 7.61. The lowest BCUT2D eigenvalue weighted by Crippen LogP contribution is -2.13. The average molecular weight is 371 g/mol. The highest BCUT2D eigenvalue weighted by molar-refractivity contribution is 9.10. The Hall–Kier alpha value is -2.58. The Bertz CT molecular complexity index is 807. The molecule has 0 radical (unpaired) electrons. The van der Waals surface area contributed by atoms with Gasteiger partial charge in [-0.1, -0.05) is 28.1 Å². The fourth-order valence-electron chi connectivity index (χ4n) is 2.04. The van der Waals surface area contributed by atoms with E-state index in [4.69, 9.17) is 4.74 Å². The summed E-state index contributed by atoms with van der Waals surface area (Å²) in [5, 5.41) is 12.0. The smallest absolute Gasteiger partial charge is 0.266 e. The van der Waals surface area contributed by atoms with Crippen LogP contribution in [0.15, 0.2) is 52.5 Å². The van der Waals surface area contributed by atoms with E-state index in [1.807, 2.05) is 37.3 Å². The molecule has 0 fully saturated rings. The van der Waals surface area contributed by atoms with E-state index in [1.54, 1.807) is 25.3 Å². The largest absolute Gasteiger partial charge is 0.496 e. The van der Waals surface area contributed by atoms with Gasteiger partial charge >= 0.3 is 0 Å². The third-order valence-corrected chi connectivity index (χ3v) is 3.63. The lowest BCUT2D eigenvalue weighted by molar-refractivity contribution is -0.112. The van der Waals surface area contributed by atoms with Crippen LogP contribution in [0.3, 0.4) is 0 Å². The molecule has 4 nitrogen and oxygen atoms in total. The van der Waals surface area contributed by atoms with E-state index < -0.39 is 5.91 Å². The van der Waals surface area contributed by atoms with Gasteiger partial charge in [-0.25, -0.2) is 0 Å². The number of amides is 1. The van der Waals surface area contributed by atoms with E-state index in [0.29, 0.717) is 17.0 Å². The SMILES string of the molecule is COc1ccc(Br)cc1/C=C(/C#N)C(=O)Nc1cccc(C)c1. The second-order valence-corrected chi connectivity index (χ2v) is 5.80. The molecule has 1 amide bonds. The molecule has 0 unspecified atom stereocenters. The van der Waals surface area contributed by atoms with Crippen molar-refractivity contribution in [2.45, 2.75) is 6.92 Å². The molecule has 0 bridgehead atoms. The van der Waals surface area contributed by atoms with Crippen LogP contribution in [0.4, 0.5) is 5.69 Å². The Kier molecular flexibility index (Phi) is 5.56. The lowest BCUT2D eigenvalue weighted by Gasteiger charge is -2.07. The number of halogens is 1. The van der Waals surface area contributed by atoms with E-state index in [9.17, 15) is 10.1 Å². The standard InChI is InChI=1S/C18H15BrN2O2/c1-12-4-3-5-16(8-12)21-18(22)14(11-20)9-13-10-15(19)6-7-17(13)23-2/h3-10H,1-2H3,(H,21,22)/b14-9-. The summed E-state index contributed by atoms with van der Waals surface area (Å²) in [5.74, 6) is 0.129. The van der Waals surface area contributed by atoms with Crippen LogP contribution in [0.1, 0.15) is 11.1 Å². The first kappa shape index (κ1) is 16.8. The summed E-state index contributed by atoms with van der Waals surface area (Å²) in [4.78, 5) is 12.3. The predicted octanol–water partition coefficient (Wildman–Crippen LogP) is 4.31. The van der Waals surface area contributed by atoms with E-state index in [1.165, 1.54) is 6.08 Å². The lowest BCUT2D eigenvalue weighted by atomic mass is 10.1. The van der Waals surface area contributed by atoms with Gasteiger partial charge in [0.05, 0.1) is 7.11 Å². The topological polar surface area (TPSA) is 62.1 Å². The van der Waals surface area contributed by atoms with Crippen molar-refractivity contribution in [1.29, 1.82) is 5.26 Å². The number of ether oxygens (including phenoxy) is 1. The Morgan fingerprint density at radius 3 is 2.74 bits per heavy atom. The van der Waals surface area contributed by atoms with Gasteiger partial charge in [0.25, 0.3) is 5.91 Å². The first-order valence-electron chi connectivity index (χ1n) is 6.87. The zero-order chi connectivity index (χ0) is 16.8. The van der Waals surface area contributed by atoms with Crippen molar-refractivity contribution in [2.75, 3.05) is 12.4 Å². The molecule has 0 saturated carbocycles. The van der Waals surface area contributed by atoms with Crippen LogP contribution in [0, 0.1) is 18.3 Å². The van der Waals surface area contributed by atoms with Crippen molar-refractivity contribution >= 4 is 33.6 Å². The van der Waals surface area contributed by atoms with Gasteiger partial charge in [0, 0.05) is 15.7 Å². The van der Waals surface area contributed by atoms with Gasteiger partial charge in [-0.3, -0.25) is 4.79 Å². The van der Waals surface area contributed by atoms with Crippen LogP contribution < -0.4 is 10.1 Å². The maximum absolute atomic E-state index is 12.3. The van der Waals surface area contributed by atoms with E-state index in [2.05, 4.69) is 21.2 Å². The number of carbonyl (C=O) groups is 1. The highest BCUT2D eigenvalue weighted by atomic mass is 79.9. The Labute approximate surface area is 143 Å². The van der Waals surface area contributed by atoms with Gasteiger partial charge in [0.15, 0.2) is 0 Å². The van der Waals surface area contributed by atoms with Gasteiger partial charge in [-0.2, -0.15) is 5.26 Å². The molecule has 1 N–H and O–H groups in total. The number of hydrogen-bond acceptors (Lipinski definition) is 3. The van der Waals surface area contributed by atoms with Crippen LogP contribution in [0.2, 0.25) is 0 Å². The molecule has 23 heavy (non-hydrogen) atoms. The molecule has 0 aliphatic rings. The summed E-state index contributed by atoms with van der Waals surface area (Å²) in [5.41, 5.74) is 2.33. The zero-order valence-electron chi connectivity index (χ0n) is 12.8. The molecule has 5 heteroatoms. The monoisotopic (exact) mass is 370 g/mol. The molecule has 0 atom stereocenters. The van der Waals surface area contributed by atoms with Crippen LogP contribution in [0.25, 0.3) is 6.08 Å². The number of benzene rings is 2. The number of rotatable bonds is 4. The van der Waals surface area contributed by atoms with Crippen LogP contribution in [-0.4, -0.2) is 13.0 Å². The van der Waals surface area contributed by atoms with Gasteiger partial charge in [-0.05, 0) is 48.9 Å². The Morgan fingerprint density at radius 1 is 1.30 bits per heavy atom. The van der Waals surface area contributed by atoms with Crippen LogP contribution in [-0.2, 0) is 4.79 Å². The van der Waals surface area contributed by atoms with Crippen LogP contribution >= 0.6 is 15.9 Å². The number of nitrogens with one attached hydrogen (secondary N) is 1. The summed E-state index contributed by atoms with van der Waals surface area (Å²) in [7, 11) is 1.54. The van der Waals surface area contributed by atoms with Crippen molar-refractivity contribution in [1.82, 2.24) is 0 Å². The van der Waals surface area contributed by atoms with Gasteiger partial charge in [0.1, 0.15) is 17.4 Å². The summed E-state index contributed by atoms with van der Waals surface area (Å²) in [6.45, 7) is 1.93. The van der Waals surface area contributed by atoms with E-state index >= 15 is 0 Å². The maximum Gasteiger partial charge on any atom is 0.266 e. The second-order valence-electron chi connectivity index (χ2n) is 4.88. The fourth-order valence-corrected chi connectivity index (χ4v) is 2.42. The third kappa shape index (κ3) is 4.44. The summed E-state index contributed by atoms with van der Waals surface area (Å²) in [6, 6.07) is 14.7. The van der Waals surface area contributed by atoms with Crippen molar-refractivity contribution in [3.8, 4) is 11.8 Å². The van der Waals surface area contributed by atoms with Gasteiger partial charge in [0.2, 0.25) is 0 Å².